The third kappa shape index (κ3) is 4.38. The molecule has 0 fully saturated rings. The van der Waals surface area contributed by atoms with Crippen molar-refractivity contribution < 1.29 is 0 Å². The SMILES string of the molecule is C(=Cc1ccc2c(ccc3cc(C=Cc4ccc5ccccc5c4)ccc32)c1)c1ccc2ccccc2c1. The Morgan fingerprint density at radius 2 is 0.579 bits per heavy atom. The first kappa shape index (κ1) is 22.3. The molecule has 7 aromatic rings. The lowest BCUT2D eigenvalue weighted by Gasteiger charge is -2.07. The van der Waals surface area contributed by atoms with Gasteiger partial charge in [0.1, 0.15) is 0 Å². The number of hydrogen-bond acceptors (Lipinski definition) is 0. The predicted octanol–water partition coefficient (Wildman–Crippen LogP) is 10.6. The van der Waals surface area contributed by atoms with Crippen molar-refractivity contribution in [3.63, 3.8) is 0 Å². The summed E-state index contributed by atoms with van der Waals surface area (Å²) in [4.78, 5) is 0. The molecule has 0 N–H and O–H groups in total. The van der Waals surface area contributed by atoms with E-state index in [1.54, 1.807) is 0 Å². The molecule has 0 nitrogen and oxygen atoms in total. The molecule has 38 heavy (non-hydrogen) atoms. The van der Waals surface area contributed by atoms with Crippen LogP contribution < -0.4 is 0 Å². The highest BCUT2D eigenvalue weighted by Gasteiger charge is 2.03. The Balaban J connectivity index is 1.16. The van der Waals surface area contributed by atoms with Crippen LogP contribution in [0.5, 0.6) is 0 Å². The van der Waals surface area contributed by atoms with Gasteiger partial charge in [0.05, 0.1) is 0 Å². The van der Waals surface area contributed by atoms with E-state index in [1.165, 1.54) is 65.3 Å². The topological polar surface area (TPSA) is 0 Å². The Kier molecular flexibility index (Phi) is 5.57. The highest BCUT2D eigenvalue weighted by molar-refractivity contribution is 6.08. The third-order valence-corrected chi connectivity index (χ3v) is 7.37. The maximum Gasteiger partial charge on any atom is -0.0105 e. The Hall–Kier alpha value is -4.94. The van der Waals surface area contributed by atoms with Gasteiger partial charge in [-0.15, -0.1) is 0 Å². The molecule has 7 rings (SSSR count). The molecule has 7 aromatic carbocycles. The van der Waals surface area contributed by atoms with E-state index in [0.717, 1.165) is 0 Å². The van der Waals surface area contributed by atoms with Crippen LogP contribution in [-0.2, 0) is 0 Å². The van der Waals surface area contributed by atoms with Gasteiger partial charge in [0.2, 0.25) is 0 Å². The molecule has 0 heteroatoms. The molecular formula is C38H26. The van der Waals surface area contributed by atoms with E-state index >= 15 is 0 Å². The Morgan fingerprint density at radius 3 is 1.00 bits per heavy atom. The molecule has 0 aliphatic rings. The molecule has 0 bridgehead atoms. The zero-order valence-electron chi connectivity index (χ0n) is 21.0. The zero-order chi connectivity index (χ0) is 25.3. The van der Waals surface area contributed by atoms with Gasteiger partial charge in [0.25, 0.3) is 0 Å². The fourth-order valence-corrected chi connectivity index (χ4v) is 5.32. The van der Waals surface area contributed by atoms with E-state index in [4.69, 9.17) is 0 Å². The minimum Gasteiger partial charge on any atom is -0.0616 e. The van der Waals surface area contributed by atoms with E-state index in [1.807, 2.05) is 0 Å². The molecule has 0 saturated heterocycles. The van der Waals surface area contributed by atoms with Crippen LogP contribution in [0.1, 0.15) is 22.3 Å². The summed E-state index contributed by atoms with van der Waals surface area (Å²) in [5.41, 5.74) is 4.85. The van der Waals surface area contributed by atoms with Crippen molar-refractivity contribution >= 4 is 67.4 Å². The van der Waals surface area contributed by atoms with Gasteiger partial charge in [0, 0.05) is 0 Å². The van der Waals surface area contributed by atoms with Gasteiger partial charge in [-0.05, 0) is 89.6 Å². The number of rotatable bonds is 4. The minimum absolute atomic E-state index is 1.21. The maximum absolute atomic E-state index is 2.28. The second kappa shape index (κ2) is 9.50. The van der Waals surface area contributed by atoms with Crippen LogP contribution in [0.2, 0.25) is 0 Å². The van der Waals surface area contributed by atoms with Crippen LogP contribution in [0.4, 0.5) is 0 Å². The molecule has 0 unspecified atom stereocenters. The predicted molar refractivity (Wildman–Crippen MR) is 167 cm³/mol. The molecule has 0 amide bonds. The van der Waals surface area contributed by atoms with E-state index in [2.05, 4.69) is 158 Å². The zero-order valence-corrected chi connectivity index (χ0v) is 21.0. The molecule has 0 atom stereocenters. The van der Waals surface area contributed by atoms with E-state index in [9.17, 15) is 0 Å². The van der Waals surface area contributed by atoms with Gasteiger partial charge in [-0.25, -0.2) is 0 Å². The quantitative estimate of drug-likeness (QED) is 0.173. The Bertz CT molecular complexity index is 1870. The molecule has 0 aliphatic carbocycles. The number of benzene rings is 7. The minimum atomic E-state index is 1.21. The molecule has 0 saturated carbocycles. The highest BCUT2D eigenvalue weighted by atomic mass is 14.1. The summed E-state index contributed by atoms with van der Waals surface area (Å²) < 4.78 is 0. The first-order valence-electron chi connectivity index (χ1n) is 13.1. The summed E-state index contributed by atoms with van der Waals surface area (Å²) in [5.74, 6) is 0. The molecular weight excluding hydrogens is 456 g/mol. The highest BCUT2D eigenvalue weighted by Crippen LogP contribution is 2.28. The van der Waals surface area contributed by atoms with Gasteiger partial charge in [-0.2, -0.15) is 0 Å². The summed E-state index contributed by atoms with van der Waals surface area (Å²) in [6.45, 7) is 0. The number of hydrogen-bond donors (Lipinski definition) is 0. The van der Waals surface area contributed by atoms with E-state index < -0.39 is 0 Å². The van der Waals surface area contributed by atoms with Crippen LogP contribution >= 0.6 is 0 Å². The van der Waals surface area contributed by atoms with Crippen molar-refractivity contribution in [2.45, 2.75) is 0 Å². The molecule has 0 aliphatic heterocycles. The van der Waals surface area contributed by atoms with Crippen molar-refractivity contribution in [2.75, 3.05) is 0 Å². The lowest BCUT2D eigenvalue weighted by atomic mass is 9.98. The largest absolute Gasteiger partial charge is 0.0616 e. The Labute approximate surface area is 222 Å². The van der Waals surface area contributed by atoms with E-state index in [-0.39, 0.29) is 0 Å². The first-order valence-corrected chi connectivity index (χ1v) is 13.1. The third-order valence-electron chi connectivity index (χ3n) is 7.37. The van der Waals surface area contributed by atoms with Crippen molar-refractivity contribution in [3.8, 4) is 0 Å². The van der Waals surface area contributed by atoms with E-state index in [0.29, 0.717) is 0 Å². The first-order chi connectivity index (χ1) is 18.8. The Morgan fingerprint density at radius 1 is 0.263 bits per heavy atom. The summed E-state index contributed by atoms with van der Waals surface area (Å²) in [6.07, 6.45) is 8.80. The van der Waals surface area contributed by atoms with Gasteiger partial charge in [-0.3, -0.25) is 0 Å². The second-order valence-electron chi connectivity index (χ2n) is 9.91. The number of fused-ring (bicyclic) bond motifs is 5. The molecule has 0 radical (unpaired) electrons. The van der Waals surface area contributed by atoms with Gasteiger partial charge in [0.15, 0.2) is 0 Å². The van der Waals surface area contributed by atoms with Crippen LogP contribution in [-0.4, -0.2) is 0 Å². The van der Waals surface area contributed by atoms with Crippen LogP contribution in [0, 0.1) is 0 Å². The second-order valence-corrected chi connectivity index (χ2v) is 9.91. The molecule has 0 heterocycles. The lowest BCUT2D eigenvalue weighted by Crippen LogP contribution is -1.82. The average Bonchev–Trinajstić information content (AvgIpc) is 2.98. The fourth-order valence-electron chi connectivity index (χ4n) is 5.32. The average molecular weight is 483 g/mol. The molecule has 0 aromatic heterocycles. The summed E-state index contributed by atoms with van der Waals surface area (Å²) in [7, 11) is 0. The summed E-state index contributed by atoms with van der Waals surface area (Å²) in [5, 5.41) is 10.2. The smallest absolute Gasteiger partial charge is 0.0105 e. The molecule has 178 valence electrons. The van der Waals surface area contributed by atoms with Crippen molar-refractivity contribution in [3.05, 3.63) is 156 Å². The molecule has 0 spiro atoms. The van der Waals surface area contributed by atoms with Crippen molar-refractivity contribution in [2.24, 2.45) is 0 Å². The van der Waals surface area contributed by atoms with Crippen LogP contribution in [0.15, 0.2) is 133 Å². The van der Waals surface area contributed by atoms with Gasteiger partial charge < -0.3 is 0 Å². The summed E-state index contributed by atoms with van der Waals surface area (Å²) in [6, 6.07) is 48.2. The summed E-state index contributed by atoms with van der Waals surface area (Å²) >= 11 is 0. The van der Waals surface area contributed by atoms with Crippen molar-refractivity contribution in [1.82, 2.24) is 0 Å². The fraction of sp³-hybridized carbons (Fsp3) is 0. The van der Waals surface area contributed by atoms with Gasteiger partial charge >= 0.3 is 0 Å². The lowest BCUT2D eigenvalue weighted by molar-refractivity contribution is 1.69. The van der Waals surface area contributed by atoms with Crippen LogP contribution in [0.3, 0.4) is 0 Å². The normalized spacial score (nSPS) is 12.0. The standard InChI is InChI=1S/C38H26/c1-3-7-33-23-27(13-17-31(33)5-1)9-11-29-15-21-37-35(25-29)19-20-36-26-30(16-22-38(36)37)12-10-28-14-18-32-6-2-4-8-34(32)24-28/h1-26H. The maximum atomic E-state index is 2.28. The van der Waals surface area contributed by atoms with Gasteiger partial charge in [-0.1, -0.05) is 133 Å². The monoisotopic (exact) mass is 482 g/mol. The van der Waals surface area contributed by atoms with Crippen LogP contribution in [0.25, 0.3) is 67.4 Å². The van der Waals surface area contributed by atoms with Crippen molar-refractivity contribution in [1.29, 1.82) is 0 Å².